The number of nitrogens with two attached hydrogens (primary N) is 2. The lowest BCUT2D eigenvalue weighted by atomic mass is 10.0. The largest absolute Gasteiger partial charge is 0.477 e. The number of anilines is 1. The molecule has 6 N–H and O–H groups in total. The van der Waals surface area contributed by atoms with E-state index in [2.05, 4.69) is 15.5 Å². The van der Waals surface area contributed by atoms with E-state index in [1.54, 1.807) is 31.3 Å². The van der Waals surface area contributed by atoms with Gasteiger partial charge in [0.25, 0.3) is 11.8 Å². The van der Waals surface area contributed by atoms with E-state index >= 15 is 0 Å². The average molecular weight is 504 g/mol. The standard InChI is InChI=1S/C20H21N7O5S2/c1-26-16(15(22)29)24-25-20(26)34-8-10-7-33-18-13(17(30)27(18)14(10)19(31)32)23-12(28)6-9-4-2-3-5-11(9)21/h2-5,13,18H,6-8,21H2,1H3,(H2,22,29)(H,23,28)(H,31,32)/t13?,18-/m1/s1. The third-order valence-electron chi connectivity index (χ3n) is 5.40. The van der Waals surface area contributed by atoms with Crippen LogP contribution in [0.1, 0.15) is 16.2 Å². The van der Waals surface area contributed by atoms with Crippen molar-refractivity contribution in [3.63, 3.8) is 0 Å². The maximum absolute atomic E-state index is 12.8. The molecule has 3 heterocycles. The van der Waals surface area contributed by atoms with Crippen molar-refractivity contribution in [1.29, 1.82) is 0 Å². The lowest BCUT2D eigenvalue weighted by molar-refractivity contribution is -0.150. The molecule has 1 unspecified atom stereocenters. The Balaban J connectivity index is 1.45. The molecule has 34 heavy (non-hydrogen) atoms. The number of carboxylic acid groups (broad SMARTS) is 1. The van der Waals surface area contributed by atoms with Crippen LogP contribution >= 0.6 is 23.5 Å². The van der Waals surface area contributed by atoms with Crippen molar-refractivity contribution in [1.82, 2.24) is 25.0 Å². The molecule has 2 aromatic rings. The second-order valence-electron chi connectivity index (χ2n) is 7.61. The van der Waals surface area contributed by atoms with Gasteiger partial charge in [-0.25, -0.2) is 4.79 Å². The molecule has 12 nitrogen and oxygen atoms in total. The molecule has 178 valence electrons. The van der Waals surface area contributed by atoms with E-state index in [9.17, 15) is 24.3 Å². The van der Waals surface area contributed by atoms with Crippen molar-refractivity contribution in [3.8, 4) is 0 Å². The number of thioether (sulfide) groups is 2. The maximum Gasteiger partial charge on any atom is 0.352 e. The zero-order chi connectivity index (χ0) is 24.6. The van der Waals surface area contributed by atoms with Gasteiger partial charge in [-0.05, 0) is 17.2 Å². The zero-order valence-electron chi connectivity index (χ0n) is 17.9. The number of aromatic nitrogens is 3. The fourth-order valence-corrected chi connectivity index (χ4v) is 6.09. The number of nitrogens with zero attached hydrogens (tertiary/aromatic N) is 4. The number of amides is 3. The highest BCUT2D eigenvalue weighted by atomic mass is 32.2. The van der Waals surface area contributed by atoms with E-state index in [0.717, 1.165) is 0 Å². The van der Waals surface area contributed by atoms with Crippen LogP contribution in [0.15, 0.2) is 40.7 Å². The van der Waals surface area contributed by atoms with Crippen molar-refractivity contribution < 1.29 is 24.3 Å². The minimum atomic E-state index is -1.23. The first kappa shape index (κ1) is 23.6. The quantitative estimate of drug-likeness (QED) is 0.209. The van der Waals surface area contributed by atoms with Gasteiger partial charge in [0.1, 0.15) is 17.1 Å². The van der Waals surface area contributed by atoms with E-state index in [4.69, 9.17) is 11.5 Å². The van der Waals surface area contributed by atoms with Gasteiger partial charge in [0.15, 0.2) is 5.16 Å². The van der Waals surface area contributed by atoms with Crippen LogP contribution in [0.3, 0.4) is 0 Å². The second kappa shape index (κ2) is 9.38. The van der Waals surface area contributed by atoms with Gasteiger partial charge in [0.2, 0.25) is 11.7 Å². The average Bonchev–Trinajstić information content (AvgIpc) is 3.17. The highest BCUT2D eigenvalue weighted by Gasteiger charge is 2.54. The molecule has 2 aliphatic heterocycles. The monoisotopic (exact) mass is 503 g/mol. The van der Waals surface area contributed by atoms with Crippen LogP contribution in [-0.2, 0) is 27.9 Å². The molecular weight excluding hydrogens is 482 g/mol. The number of aliphatic carboxylic acids is 1. The summed E-state index contributed by atoms with van der Waals surface area (Å²) in [6.45, 7) is 0. The number of hydrogen-bond donors (Lipinski definition) is 4. The second-order valence-corrected chi connectivity index (χ2v) is 9.65. The molecule has 0 spiro atoms. The van der Waals surface area contributed by atoms with E-state index < -0.39 is 29.2 Å². The highest BCUT2D eigenvalue weighted by Crippen LogP contribution is 2.41. The van der Waals surface area contributed by atoms with Crippen molar-refractivity contribution in [2.45, 2.75) is 23.0 Å². The van der Waals surface area contributed by atoms with Crippen LogP contribution < -0.4 is 16.8 Å². The Kier molecular flexibility index (Phi) is 6.52. The summed E-state index contributed by atoms with van der Waals surface area (Å²) in [5.41, 5.74) is 12.7. The molecule has 2 atom stereocenters. The minimum Gasteiger partial charge on any atom is -0.477 e. The van der Waals surface area contributed by atoms with E-state index in [1.807, 2.05) is 0 Å². The summed E-state index contributed by atoms with van der Waals surface area (Å²) >= 11 is 2.55. The van der Waals surface area contributed by atoms with Crippen molar-refractivity contribution >= 4 is 52.9 Å². The third-order valence-corrected chi connectivity index (χ3v) is 7.85. The number of β-lactam (4-membered cyclic amide) rings is 1. The number of para-hydroxylation sites is 1. The number of carboxylic acids is 1. The highest BCUT2D eigenvalue weighted by molar-refractivity contribution is 8.01. The van der Waals surface area contributed by atoms with Crippen LogP contribution in [0.2, 0.25) is 0 Å². The smallest absolute Gasteiger partial charge is 0.352 e. The van der Waals surface area contributed by atoms with Crippen LogP contribution in [0, 0.1) is 0 Å². The summed E-state index contributed by atoms with van der Waals surface area (Å²) in [6, 6.07) is 6.14. The zero-order valence-corrected chi connectivity index (χ0v) is 19.6. The Morgan fingerprint density at radius 1 is 1.29 bits per heavy atom. The molecule has 1 aromatic heterocycles. The normalized spacial score (nSPS) is 19.4. The van der Waals surface area contributed by atoms with Crippen molar-refractivity contribution in [2.75, 3.05) is 17.2 Å². The summed E-state index contributed by atoms with van der Waals surface area (Å²) in [5.74, 6) is -2.25. The summed E-state index contributed by atoms with van der Waals surface area (Å²) in [7, 11) is 1.58. The molecule has 0 bridgehead atoms. The van der Waals surface area contributed by atoms with E-state index in [1.165, 1.54) is 33.0 Å². The van der Waals surface area contributed by atoms with Gasteiger partial charge >= 0.3 is 5.97 Å². The van der Waals surface area contributed by atoms with Gasteiger partial charge in [-0.1, -0.05) is 30.0 Å². The maximum atomic E-state index is 12.8. The first-order valence-electron chi connectivity index (χ1n) is 10.0. The lowest BCUT2D eigenvalue weighted by Crippen LogP contribution is -2.70. The third kappa shape index (κ3) is 4.33. The molecule has 0 saturated carbocycles. The van der Waals surface area contributed by atoms with Crippen LogP contribution in [0.25, 0.3) is 0 Å². The molecule has 3 amide bonds. The molecule has 0 aliphatic carbocycles. The summed E-state index contributed by atoms with van der Waals surface area (Å²) in [5, 5.41) is 20.0. The number of nitrogens with one attached hydrogen (secondary N) is 1. The molecule has 2 aliphatic rings. The number of carbonyl (C=O) groups excluding carboxylic acids is 3. The summed E-state index contributed by atoms with van der Waals surface area (Å²) in [4.78, 5) is 49.9. The first-order chi connectivity index (χ1) is 16.2. The Hall–Kier alpha value is -3.52. The Bertz CT molecular complexity index is 1230. The summed E-state index contributed by atoms with van der Waals surface area (Å²) < 4.78 is 1.42. The SMILES string of the molecule is Cn1c(SCC2=C(C(=O)O)N3C(=O)C(NC(=O)Cc4ccccc4N)[C@H]3SC2)nnc1C(N)=O. The van der Waals surface area contributed by atoms with E-state index in [-0.39, 0.29) is 29.6 Å². The van der Waals surface area contributed by atoms with Crippen LogP contribution in [0.4, 0.5) is 5.69 Å². The topological polar surface area (TPSA) is 187 Å². The first-order valence-corrected chi connectivity index (χ1v) is 12.1. The molecule has 1 fully saturated rings. The molecular formula is C20H21N7O5S2. The number of primary amides is 1. The number of benzene rings is 1. The number of hydrogen-bond acceptors (Lipinski definition) is 9. The lowest BCUT2D eigenvalue weighted by Gasteiger charge is -2.49. The fraction of sp³-hybridized carbons (Fsp3) is 0.300. The number of nitrogen functional groups attached to an aromatic ring is 1. The number of carbonyl (C=O) groups is 4. The van der Waals surface area contributed by atoms with Crippen molar-refractivity contribution in [3.05, 3.63) is 46.9 Å². The molecule has 4 rings (SSSR count). The van der Waals surface area contributed by atoms with Crippen LogP contribution in [0.5, 0.6) is 0 Å². The predicted molar refractivity (Wildman–Crippen MR) is 124 cm³/mol. The number of fused-ring (bicyclic) bond motifs is 1. The van der Waals surface area contributed by atoms with Gasteiger partial charge in [0.05, 0.1) is 6.42 Å². The predicted octanol–water partition coefficient (Wildman–Crippen LogP) is -0.430. The Morgan fingerprint density at radius 3 is 2.68 bits per heavy atom. The van der Waals surface area contributed by atoms with Crippen molar-refractivity contribution in [2.24, 2.45) is 12.8 Å². The van der Waals surface area contributed by atoms with E-state index in [0.29, 0.717) is 27.7 Å². The van der Waals surface area contributed by atoms with Crippen LogP contribution in [-0.4, -0.2) is 71.4 Å². The minimum absolute atomic E-state index is 0.0122. The molecule has 1 aromatic carbocycles. The van der Waals surface area contributed by atoms with Gasteiger partial charge in [-0.3, -0.25) is 19.3 Å². The van der Waals surface area contributed by atoms with Gasteiger partial charge in [-0.2, -0.15) is 0 Å². The Morgan fingerprint density at radius 2 is 2.03 bits per heavy atom. The Labute approximate surface area is 202 Å². The molecule has 14 heteroatoms. The summed E-state index contributed by atoms with van der Waals surface area (Å²) in [6.07, 6.45) is 0.0162. The number of rotatable bonds is 8. The van der Waals surface area contributed by atoms with Gasteiger partial charge in [0, 0.05) is 24.2 Å². The fourth-order valence-electron chi connectivity index (χ4n) is 3.69. The van der Waals surface area contributed by atoms with Gasteiger partial charge < -0.3 is 26.5 Å². The molecule has 0 radical (unpaired) electrons. The molecule has 1 saturated heterocycles. The van der Waals surface area contributed by atoms with Gasteiger partial charge in [-0.15, -0.1) is 22.0 Å².